The van der Waals surface area contributed by atoms with Crippen molar-refractivity contribution in [3.63, 3.8) is 0 Å². The SMILES string of the molecule is CC1CCC(C)N(c2ccc([C@H](C)O)cc2F)C1. The molecular formula is C15H22FNO. The second kappa shape index (κ2) is 5.27. The lowest BCUT2D eigenvalue weighted by Crippen LogP contribution is -2.41. The van der Waals surface area contributed by atoms with Crippen molar-refractivity contribution >= 4 is 5.69 Å². The first-order valence-corrected chi connectivity index (χ1v) is 6.73. The highest BCUT2D eigenvalue weighted by Crippen LogP contribution is 2.30. The van der Waals surface area contributed by atoms with Gasteiger partial charge in [-0.2, -0.15) is 0 Å². The molecule has 1 aliphatic heterocycles. The predicted molar refractivity (Wildman–Crippen MR) is 72.2 cm³/mol. The van der Waals surface area contributed by atoms with Gasteiger partial charge < -0.3 is 10.0 Å². The van der Waals surface area contributed by atoms with Crippen molar-refractivity contribution in [2.75, 3.05) is 11.4 Å². The van der Waals surface area contributed by atoms with Gasteiger partial charge in [0, 0.05) is 12.6 Å². The highest BCUT2D eigenvalue weighted by molar-refractivity contribution is 5.50. The number of anilines is 1. The summed E-state index contributed by atoms with van der Waals surface area (Å²) in [6, 6.07) is 5.44. The zero-order chi connectivity index (χ0) is 13.3. The van der Waals surface area contributed by atoms with Crippen LogP contribution in [-0.4, -0.2) is 17.7 Å². The van der Waals surface area contributed by atoms with Crippen LogP contribution in [0.15, 0.2) is 18.2 Å². The average Bonchev–Trinajstić information content (AvgIpc) is 2.32. The van der Waals surface area contributed by atoms with Gasteiger partial charge in [0.25, 0.3) is 0 Å². The summed E-state index contributed by atoms with van der Waals surface area (Å²) in [7, 11) is 0. The van der Waals surface area contributed by atoms with Gasteiger partial charge in [-0.3, -0.25) is 0 Å². The number of hydrogen-bond donors (Lipinski definition) is 1. The molecular weight excluding hydrogens is 229 g/mol. The lowest BCUT2D eigenvalue weighted by Gasteiger charge is -2.38. The monoisotopic (exact) mass is 251 g/mol. The van der Waals surface area contributed by atoms with Gasteiger partial charge in [-0.25, -0.2) is 4.39 Å². The van der Waals surface area contributed by atoms with Crippen molar-refractivity contribution in [2.45, 2.75) is 45.8 Å². The summed E-state index contributed by atoms with van der Waals surface area (Å²) >= 11 is 0. The first-order valence-electron chi connectivity index (χ1n) is 6.73. The third kappa shape index (κ3) is 2.66. The van der Waals surface area contributed by atoms with Gasteiger partial charge in [0.15, 0.2) is 0 Å². The summed E-state index contributed by atoms with van der Waals surface area (Å²) in [6.45, 7) is 6.92. The number of rotatable bonds is 2. The molecule has 0 radical (unpaired) electrons. The highest BCUT2D eigenvalue weighted by atomic mass is 19.1. The molecule has 18 heavy (non-hydrogen) atoms. The average molecular weight is 251 g/mol. The predicted octanol–water partition coefficient (Wildman–Crippen LogP) is 3.50. The van der Waals surface area contributed by atoms with Crippen molar-refractivity contribution in [2.24, 2.45) is 5.92 Å². The Bertz CT molecular complexity index is 419. The third-order valence-corrected chi connectivity index (χ3v) is 3.88. The Morgan fingerprint density at radius 3 is 2.67 bits per heavy atom. The lowest BCUT2D eigenvalue weighted by atomic mass is 9.94. The Balaban J connectivity index is 2.27. The fourth-order valence-corrected chi connectivity index (χ4v) is 2.64. The Morgan fingerprint density at radius 2 is 2.06 bits per heavy atom. The van der Waals surface area contributed by atoms with Crippen LogP contribution < -0.4 is 4.90 Å². The molecule has 3 atom stereocenters. The van der Waals surface area contributed by atoms with Crippen LogP contribution in [-0.2, 0) is 0 Å². The van der Waals surface area contributed by atoms with Gasteiger partial charge in [0.05, 0.1) is 11.8 Å². The molecule has 1 aromatic carbocycles. The molecule has 0 spiro atoms. The second-order valence-corrected chi connectivity index (χ2v) is 5.57. The lowest BCUT2D eigenvalue weighted by molar-refractivity contribution is 0.199. The Labute approximate surface area is 108 Å². The number of nitrogens with zero attached hydrogens (tertiary/aromatic N) is 1. The van der Waals surface area contributed by atoms with E-state index >= 15 is 0 Å². The van der Waals surface area contributed by atoms with E-state index in [0.29, 0.717) is 23.2 Å². The molecule has 1 N–H and O–H groups in total. The molecule has 0 aliphatic carbocycles. The van der Waals surface area contributed by atoms with E-state index in [0.717, 1.165) is 13.0 Å². The molecule has 0 aromatic heterocycles. The Morgan fingerprint density at radius 1 is 1.33 bits per heavy atom. The first kappa shape index (κ1) is 13.3. The van der Waals surface area contributed by atoms with E-state index in [4.69, 9.17) is 0 Å². The van der Waals surface area contributed by atoms with Crippen molar-refractivity contribution in [3.05, 3.63) is 29.6 Å². The van der Waals surface area contributed by atoms with Gasteiger partial charge >= 0.3 is 0 Å². The van der Waals surface area contributed by atoms with Gasteiger partial charge in [0.1, 0.15) is 5.82 Å². The molecule has 0 bridgehead atoms. The summed E-state index contributed by atoms with van der Waals surface area (Å²) in [5.41, 5.74) is 1.30. The number of hydrogen-bond acceptors (Lipinski definition) is 2. The molecule has 0 saturated carbocycles. The Hall–Kier alpha value is -1.09. The summed E-state index contributed by atoms with van der Waals surface area (Å²) in [6.07, 6.45) is 1.70. The van der Waals surface area contributed by atoms with Crippen LogP contribution in [0.4, 0.5) is 10.1 Å². The number of aliphatic hydroxyl groups excluding tert-OH is 1. The molecule has 100 valence electrons. The van der Waals surface area contributed by atoms with Gasteiger partial charge in [-0.15, -0.1) is 0 Å². The minimum Gasteiger partial charge on any atom is -0.389 e. The van der Waals surface area contributed by atoms with Gasteiger partial charge in [-0.1, -0.05) is 13.0 Å². The van der Waals surface area contributed by atoms with E-state index < -0.39 is 6.10 Å². The van der Waals surface area contributed by atoms with Crippen LogP contribution in [0.5, 0.6) is 0 Å². The normalized spacial score (nSPS) is 26.2. The van der Waals surface area contributed by atoms with E-state index in [2.05, 4.69) is 18.7 Å². The van der Waals surface area contributed by atoms with Crippen molar-refractivity contribution in [3.8, 4) is 0 Å². The van der Waals surface area contributed by atoms with E-state index in [9.17, 15) is 9.50 Å². The molecule has 0 amide bonds. The van der Waals surface area contributed by atoms with Crippen molar-refractivity contribution in [1.82, 2.24) is 0 Å². The fraction of sp³-hybridized carbons (Fsp3) is 0.600. The van der Waals surface area contributed by atoms with Crippen LogP contribution >= 0.6 is 0 Å². The maximum absolute atomic E-state index is 14.1. The summed E-state index contributed by atoms with van der Waals surface area (Å²) in [5, 5.41) is 9.46. The highest BCUT2D eigenvalue weighted by Gasteiger charge is 2.25. The molecule has 1 aromatic rings. The first-order chi connectivity index (χ1) is 8.49. The van der Waals surface area contributed by atoms with Crippen LogP contribution in [0.2, 0.25) is 0 Å². The molecule has 1 saturated heterocycles. The van der Waals surface area contributed by atoms with Crippen LogP contribution in [0.1, 0.15) is 45.3 Å². The fourth-order valence-electron chi connectivity index (χ4n) is 2.64. The largest absolute Gasteiger partial charge is 0.389 e. The molecule has 1 fully saturated rings. The van der Waals surface area contributed by atoms with E-state index in [-0.39, 0.29) is 5.82 Å². The van der Waals surface area contributed by atoms with Crippen LogP contribution in [0.25, 0.3) is 0 Å². The van der Waals surface area contributed by atoms with E-state index in [1.54, 1.807) is 13.0 Å². The van der Waals surface area contributed by atoms with E-state index in [1.165, 1.54) is 12.5 Å². The van der Waals surface area contributed by atoms with Crippen molar-refractivity contribution < 1.29 is 9.50 Å². The molecule has 2 rings (SSSR count). The third-order valence-electron chi connectivity index (χ3n) is 3.88. The smallest absolute Gasteiger partial charge is 0.146 e. The summed E-state index contributed by atoms with van der Waals surface area (Å²) in [4.78, 5) is 2.15. The molecule has 3 heteroatoms. The zero-order valence-electron chi connectivity index (χ0n) is 11.4. The van der Waals surface area contributed by atoms with E-state index in [1.807, 2.05) is 6.07 Å². The quantitative estimate of drug-likeness (QED) is 0.869. The minimum atomic E-state index is -0.619. The van der Waals surface area contributed by atoms with Crippen LogP contribution in [0.3, 0.4) is 0 Å². The number of aliphatic hydroxyl groups is 1. The van der Waals surface area contributed by atoms with Gasteiger partial charge in [-0.05, 0) is 50.3 Å². The molecule has 1 heterocycles. The summed E-state index contributed by atoms with van der Waals surface area (Å²) in [5.74, 6) is 0.381. The molecule has 1 aliphatic rings. The zero-order valence-corrected chi connectivity index (χ0v) is 11.4. The maximum atomic E-state index is 14.1. The second-order valence-electron chi connectivity index (χ2n) is 5.57. The number of piperidine rings is 1. The number of benzene rings is 1. The standard InChI is InChI=1S/C15H22FNO/c1-10-4-5-11(2)17(9-10)15-7-6-13(12(3)18)8-14(15)16/h6-8,10-12,18H,4-5,9H2,1-3H3/t10?,11?,12-/m0/s1. The Kier molecular flexibility index (Phi) is 3.91. The topological polar surface area (TPSA) is 23.5 Å². The minimum absolute atomic E-state index is 0.227. The van der Waals surface area contributed by atoms with Crippen molar-refractivity contribution in [1.29, 1.82) is 0 Å². The maximum Gasteiger partial charge on any atom is 0.146 e. The number of halogens is 1. The summed E-state index contributed by atoms with van der Waals surface area (Å²) < 4.78 is 14.1. The molecule has 2 nitrogen and oxygen atoms in total. The van der Waals surface area contributed by atoms with Gasteiger partial charge in [0.2, 0.25) is 0 Å². The molecule has 2 unspecified atom stereocenters. The van der Waals surface area contributed by atoms with Crippen LogP contribution in [0, 0.1) is 11.7 Å².